The van der Waals surface area contributed by atoms with E-state index in [0.29, 0.717) is 6.42 Å². The van der Waals surface area contributed by atoms with Gasteiger partial charge in [-0.15, -0.1) is 0 Å². The molecule has 3 nitrogen and oxygen atoms in total. The van der Waals surface area contributed by atoms with Gasteiger partial charge in [-0.3, -0.25) is 0 Å². The van der Waals surface area contributed by atoms with Crippen LogP contribution in [0.1, 0.15) is 36.4 Å². The van der Waals surface area contributed by atoms with E-state index < -0.39 is 6.10 Å². The lowest BCUT2D eigenvalue weighted by atomic mass is 10.0. The molecule has 3 heteroatoms. The van der Waals surface area contributed by atoms with Crippen molar-refractivity contribution in [2.24, 2.45) is 0 Å². The van der Waals surface area contributed by atoms with Gasteiger partial charge in [-0.1, -0.05) is 25.1 Å². The van der Waals surface area contributed by atoms with Gasteiger partial charge in [0.05, 0.1) is 23.8 Å². The summed E-state index contributed by atoms with van der Waals surface area (Å²) in [5.74, 6) is 0. The largest absolute Gasteiger partial charge is 0.388 e. The van der Waals surface area contributed by atoms with Crippen molar-refractivity contribution in [1.82, 2.24) is 9.55 Å². The lowest BCUT2D eigenvalue weighted by Crippen LogP contribution is -2.04. The molecule has 1 aromatic heterocycles. The second-order valence-corrected chi connectivity index (χ2v) is 4.27. The average molecular weight is 230 g/mol. The van der Waals surface area contributed by atoms with Gasteiger partial charge in [0.2, 0.25) is 0 Å². The quantitative estimate of drug-likeness (QED) is 0.880. The molecular weight excluding hydrogens is 212 g/mol. The van der Waals surface area contributed by atoms with Crippen LogP contribution in [0.25, 0.3) is 5.69 Å². The molecule has 1 atom stereocenters. The molecule has 17 heavy (non-hydrogen) atoms. The highest BCUT2D eigenvalue weighted by molar-refractivity contribution is 5.44. The van der Waals surface area contributed by atoms with E-state index in [1.54, 1.807) is 0 Å². The van der Waals surface area contributed by atoms with Gasteiger partial charge < -0.3 is 9.67 Å². The minimum atomic E-state index is -0.423. The summed E-state index contributed by atoms with van der Waals surface area (Å²) in [4.78, 5) is 4.30. The zero-order valence-electron chi connectivity index (χ0n) is 10.5. The van der Waals surface area contributed by atoms with E-state index in [0.717, 1.165) is 22.6 Å². The van der Waals surface area contributed by atoms with Crippen LogP contribution in [0.4, 0.5) is 0 Å². The summed E-state index contributed by atoms with van der Waals surface area (Å²) in [6.45, 7) is 6.01. The van der Waals surface area contributed by atoms with E-state index in [2.05, 4.69) is 4.98 Å². The van der Waals surface area contributed by atoms with Gasteiger partial charge in [-0.05, 0) is 26.3 Å². The Labute approximate surface area is 102 Å². The van der Waals surface area contributed by atoms with Crippen LogP contribution >= 0.6 is 0 Å². The summed E-state index contributed by atoms with van der Waals surface area (Å²) in [6, 6.07) is 7.92. The molecule has 2 aromatic rings. The van der Waals surface area contributed by atoms with Gasteiger partial charge in [0.15, 0.2) is 0 Å². The van der Waals surface area contributed by atoms with E-state index in [9.17, 15) is 5.11 Å². The summed E-state index contributed by atoms with van der Waals surface area (Å²) in [5, 5.41) is 10.0. The summed E-state index contributed by atoms with van der Waals surface area (Å²) >= 11 is 0. The van der Waals surface area contributed by atoms with Crippen molar-refractivity contribution in [3.05, 3.63) is 47.5 Å². The predicted octanol–water partition coefficient (Wildman–Crippen LogP) is 2.93. The number of aliphatic hydroxyl groups excluding tert-OH is 1. The molecule has 0 radical (unpaired) electrons. The first kappa shape index (κ1) is 11.9. The minimum absolute atomic E-state index is 0.423. The van der Waals surface area contributed by atoms with Crippen LogP contribution in [0.3, 0.4) is 0 Å². The van der Waals surface area contributed by atoms with Gasteiger partial charge in [0.1, 0.15) is 0 Å². The van der Waals surface area contributed by atoms with E-state index >= 15 is 0 Å². The van der Waals surface area contributed by atoms with E-state index in [-0.39, 0.29) is 0 Å². The molecule has 0 saturated carbocycles. The van der Waals surface area contributed by atoms with Crippen LogP contribution in [-0.4, -0.2) is 14.7 Å². The van der Waals surface area contributed by atoms with Crippen molar-refractivity contribution in [2.75, 3.05) is 0 Å². The molecule has 0 aliphatic rings. The predicted molar refractivity (Wildman–Crippen MR) is 68.3 cm³/mol. The fourth-order valence-corrected chi connectivity index (χ4v) is 1.95. The van der Waals surface area contributed by atoms with E-state index in [1.165, 1.54) is 0 Å². The van der Waals surface area contributed by atoms with Crippen molar-refractivity contribution >= 4 is 0 Å². The number of imidazole rings is 1. The summed E-state index contributed by atoms with van der Waals surface area (Å²) in [7, 11) is 0. The van der Waals surface area contributed by atoms with Gasteiger partial charge in [-0.25, -0.2) is 4.98 Å². The summed E-state index contributed by atoms with van der Waals surface area (Å²) < 4.78 is 2.03. The third-order valence-corrected chi connectivity index (χ3v) is 3.19. The first-order valence-corrected chi connectivity index (χ1v) is 5.93. The fourth-order valence-electron chi connectivity index (χ4n) is 1.95. The van der Waals surface area contributed by atoms with Crippen molar-refractivity contribution in [1.29, 1.82) is 0 Å². The normalized spacial score (nSPS) is 12.7. The monoisotopic (exact) mass is 230 g/mol. The molecule has 0 aliphatic heterocycles. The van der Waals surface area contributed by atoms with Crippen LogP contribution in [0.2, 0.25) is 0 Å². The molecule has 1 aromatic carbocycles. The average Bonchev–Trinajstić information content (AvgIpc) is 2.69. The molecule has 2 rings (SSSR count). The Bertz CT molecular complexity index is 517. The maximum absolute atomic E-state index is 10.0. The SMILES string of the molecule is CC[C@@H](O)c1ccccc1-n1cnc(C)c1C. The number of aliphatic hydroxyl groups is 1. The van der Waals surface area contributed by atoms with Crippen molar-refractivity contribution < 1.29 is 5.11 Å². The summed E-state index contributed by atoms with van der Waals surface area (Å²) in [5.41, 5.74) is 4.10. The van der Waals surface area contributed by atoms with Crippen LogP contribution < -0.4 is 0 Å². The second-order valence-electron chi connectivity index (χ2n) is 4.27. The highest BCUT2D eigenvalue weighted by atomic mass is 16.3. The zero-order valence-corrected chi connectivity index (χ0v) is 10.5. The topological polar surface area (TPSA) is 38.0 Å². The highest BCUT2D eigenvalue weighted by Gasteiger charge is 2.13. The van der Waals surface area contributed by atoms with Crippen molar-refractivity contribution in [3.63, 3.8) is 0 Å². The van der Waals surface area contributed by atoms with Crippen LogP contribution in [0, 0.1) is 13.8 Å². The van der Waals surface area contributed by atoms with Crippen LogP contribution in [0.15, 0.2) is 30.6 Å². The molecule has 0 unspecified atom stereocenters. The molecule has 0 fully saturated rings. The van der Waals surface area contributed by atoms with Crippen molar-refractivity contribution in [3.8, 4) is 5.69 Å². The Hall–Kier alpha value is -1.61. The zero-order chi connectivity index (χ0) is 12.4. The number of aromatic nitrogens is 2. The number of aryl methyl sites for hydroxylation is 1. The fraction of sp³-hybridized carbons (Fsp3) is 0.357. The standard InChI is InChI=1S/C14H18N2O/c1-4-14(17)12-7-5-6-8-13(12)16-9-15-10(2)11(16)3/h5-9,14,17H,4H2,1-3H3/t14-/m1/s1. The minimum Gasteiger partial charge on any atom is -0.388 e. The number of rotatable bonds is 3. The molecule has 0 bridgehead atoms. The Kier molecular flexibility index (Phi) is 3.29. The second kappa shape index (κ2) is 4.72. The highest BCUT2D eigenvalue weighted by Crippen LogP contribution is 2.25. The van der Waals surface area contributed by atoms with E-state index in [4.69, 9.17) is 0 Å². The van der Waals surface area contributed by atoms with Crippen LogP contribution in [0.5, 0.6) is 0 Å². The molecule has 0 aliphatic carbocycles. The lowest BCUT2D eigenvalue weighted by Gasteiger charge is -2.15. The Balaban J connectivity index is 2.56. The van der Waals surface area contributed by atoms with Gasteiger partial charge in [0, 0.05) is 11.3 Å². The molecular formula is C14H18N2O. The van der Waals surface area contributed by atoms with Gasteiger partial charge >= 0.3 is 0 Å². The van der Waals surface area contributed by atoms with E-state index in [1.807, 2.05) is 55.9 Å². The smallest absolute Gasteiger partial charge is 0.0997 e. The first-order valence-electron chi connectivity index (χ1n) is 5.93. The third kappa shape index (κ3) is 2.11. The van der Waals surface area contributed by atoms with Crippen LogP contribution in [-0.2, 0) is 0 Å². The molecule has 0 amide bonds. The number of para-hydroxylation sites is 1. The molecule has 90 valence electrons. The molecule has 0 spiro atoms. The Morgan fingerprint density at radius 3 is 2.59 bits per heavy atom. The maximum atomic E-state index is 10.0. The first-order chi connectivity index (χ1) is 8.15. The molecule has 1 heterocycles. The number of hydrogen-bond donors (Lipinski definition) is 1. The summed E-state index contributed by atoms with van der Waals surface area (Å²) in [6.07, 6.45) is 2.10. The Morgan fingerprint density at radius 1 is 1.29 bits per heavy atom. The number of benzene rings is 1. The number of nitrogens with zero attached hydrogens (tertiary/aromatic N) is 2. The van der Waals surface area contributed by atoms with Gasteiger partial charge in [-0.2, -0.15) is 0 Å². The van der Waals surface area contributed by atoms with Gasteiger partial charge in [0.25, 0.3) is 0 Å². The number of hydrogen-bond acceptors (Lipinski definition) is 2. The lowest BCUT2D eigenvalue weighted by molar-refractivity contribution is 0.173. The molecule has 1 N–H and O–H groups in total. The molecule has 0 saturated heterocycles. The maximum Gasteiger partial charge on any atom is 0.0997 e. The third-order valence-electron chi connectivity index (χ3n) is 3.19. The Morgan fingerprint density at radius 2 is 2.00 bits per heavy atom. The van der Waals surface area contributed by atoms with Crippen molar-refractivity contribution in [2.45, 2.75) is 33.3 Å².